The Morgan fingerprint density at radius 3 is 2.23 bits per heavy atom. The summed E-state index contributed by atoms with van der Waals surface area (Å²) in [6, 6.07) is 24.9. The van der Waals surface area contributed by atoms with Crippen LogP contribution in [0.25, 0.3) is 10.4 Å². The van der Waals surface area contributed by atoms with E-state index in [1.54, 1.807) is 45.6 Å². The number of piperazine rings is 2. The molecule has 19 nitrogen and oxygen atoms in total. The molecule has 0 bridgehead atoms. The molecule has 0 spiro atoms. The number of likely N-dealkylation sites (tertiary alicyclic amines) is 1. The van der Waals surface area contributed by atoms with Crippen LogP contribution in [-0.2, 0) is 36.0 Å². The first-order valence-electron chi connectivity index (χ1n) is 35.1. The lowest BCUT2D eigenvalue weighted by atomic mass is 9.73. The number of thiazole rings is 1. The molecule has 0 radical (unpaired) electrons. The molecule has 4 aromatic carbocycles. The first-order chi connectivity index (χ1) is 48.1. The maximum atomic E-state index is 14.6. The second-order valence-electron chi connectivity index (χ2n) is 28.4. The van der Waals surface area contributed by atoms with Gasteiger partial charge in [-0.05, 0) is 169 Å². The number of benzene rings is 4. The van der Waals surface area contributed by atoms with E-state index in [1.165, 1.54) is 29.5 Å². The van der Waals surface area contributed by atoms with Crippen LogP contribution >= 0.6 is 23.1 Å². The van der Waals surface area contributed by atoms with E-state index >= 15 is 0 Å². The van der Waals surface area contributed by atoms with Gasteiger partial charge in [0.25, 0.3) is 25.8 Å². The molecular weight excluding hydrogens is 1370 g/mol. The predicted octanol–water partition coefficient (Wildman–Crippen LogP) is 13.3. The van der Waals surface area contributed by atoms with Gasteiger partial charge in [-0.3, -0.25) is 19.3 Å². The second-order valence-corrected chi connectivity index (χ2v) is 34.0. The van der Waals surface area contributed by atoms with Crippen LogP contribution in [0.4, 0.5) is 24.5 Å². The van der Waals surface area contributed by atoms with Crippen molar-refractivity contribution in [3.05, 3.63) is 154 Å². The summed E-state index contributed by atoms with van der Waals surface area (Å²) in [4.78, 5) is 56.8. The molecule has 2 aromatic heterocycles. The number of aryl methyl sites for hydroxylation is 2. The number of thioether (sulfide) groups is 1. The van der Waals surface area contributed by atoms with Crippen LogP contribution in [0.5, 0.6) is 5.75 Å². The Hall–Kier alpha value is -7.07. The first kappa shape index (κ1) is 76.6. The molecule has 1 unspecified atom stereocenters. The van der Waals surface area contributed by atoms with Crippen LogP contribution in [0, 0.1) is 25.2 Å². The van der Waals surface area contributed by atoms with E-state index in [4.69, 9.17) is 9.26 Å². The van der Waals surface area contributed by atoms with Crippen molar-refractivity contribution in [3.63, 3.8) is 0 Å². The molecule has 3 amide bonds. The number of alkyl halides is 3. The van der Waals surface area contributed by atoms with Gasteiger partial charge in [0.2, 0.25) is 11.8 Å². The topological polar surface area (TPSA) is 220 Å². The molecule has 3 aliphatic heterocycles. The Balaban J connectivity index is 0.722. The Bertz CT molecular complexity index is 4110. The Kier molecular flexibility index (Phi) is 25.8. The number of hydrogen-bond donors (Lipinski definition) is 3. The van der Waals surface area contributed by atoms with Gasteiger partial charge in [0, 0.05) is 118 Å². The predicted molar refractivity (Wildman–Crippen MR) is 393 cm³/mol. The van der Waals surface area contributed by atoms with E-state index in [0.717, 1.165) is 142 Å². The normalized spacial score (nSPS) is 18.0. The van der Waals surface area contributed by atoms with Gasteiger partial charge >= 0.3 is 5.51 Å². The Morgan fingerprint density at radius 1 is 0.851 bits per heavy atom. The number of ether oxygens (including phenoxy) is 1. The highest BCUT2D eigenvalue weighted by Crippen LogP contribution is 2.42. The van der Waals surface area contributed by atoms with Crippen molar-refractivity contribution in [2.24, 2.45) is 11.3 Å². The van der Waals surface area contributed by atoms with Crippen molar-refractivity contribution < 1.29 is 53.7 Å². The molecule has 101 heavy (non-hydrogen) atoms. The fourth-order valence-electron chi connectivity index (χ4n) is 13.8. The molecular formula is C75H97F3N10O9S4. The molecule has 1 aliphatic carbocycles. The first-order valence-corrected chi connectivity index (χ1v) is 40.0. The zero-order valence-corrected chi connectivity index (χ0v) is 62.3. The van der Waals surface area contributed by atoms with E-state index in [9.17, 15) is 44.4 Å². The lowest BCUT2D eigenvalue weighted by Crippen LogP contribution is -2.47. The number of sulfone groups is 1. The summed E-state index contributed by atoms with van der Waals surface area (Å²) in [5.41, 5.74) is 4.37. The summed E-state index contributed by atoms with van der Waals surface area (Å²) in [6.45, 7) is 28.1. The van der Waals surface area contributed by atoms with Crippen LogP contribution in [0.1, 0.15) is 138 Å². The van der Waals surface area contributed by atoms with Crippen LogP contribution in [0.2, 0.25) is 0 Å². The van der Waals surface area contributed by atoms with E-state index in [-0.39, 0.29) is 35.3 Å². The summed E-state index contributed by atoms with van der Waals surface area (Å²) in [6.07, 6.45) is 8.65. The van der Waals surface area contributed by atoms with E-state index < -0.39 is 64.8 Å². The average Bonchev–Trinajstić information content (AvgIpc) is 0.991. The van der Waals surface area contributed by atoms with Crippen molar-refractivity contribution in [2.45, 2.75) is 157 Å². The largest absolute Gasteiger partial charge is 0.501 e. The molecule has 546 valence electrons. The third-order valence-corrected chi connectivity index (χ3v) is 24.7. The van der Waals surface area contributed by atoms with Crippen molar-refractivity contribution in [1.82, 2.24) is 39.8 Å². The van der Waals surface area contributed by atoms with Crippen molar-refractivity contribution in [2.75, 3.05) is 101 Å². The second kappa shape index (κ2) is 34.0. The molecule has 4 aliphatic rings. The molecule has 3 N–H and O–H groups in total. The van der Waals surface area contributed by atoms with Gasteiger partial charge in [0.15, 0.2) is 0 Å². The molecule has 26 heteroatoms. The number of aromatic nitrogens is 2. The standard InChI is InChI=1S/C75H97F3N10O9S4/c1-51(2)18-19-57-46-74(7,8)30-28-59(57)48-86-38-40-87(41-39-86)61-24-22-55(23-25-61)71(89)83-101(94,95)63-26-27-64(68(45-63)100(92,93)75(76,77)78)81-60(49-98-62-15-10-9-11-16-62)29-33-85-36-34-84(35-37-85)31-12-13-42-96-66-44-56(70-54(6)80-50-99-70)20-21-58(66)47-79-72(90)65-17-14-32-88(65)73(91)69(52(3)4)67-43-53(5)82-97-67/h9-11,15-16,20-27,43-45,50,52,60,65,69,81H,1,12-14,17-19,28-42,46-49H2,2-8H3,(H,79,90)(H,83,89)/t60-,65+,69?/m1/s1. The van der Waals surface area contributed by atoms with Crippen molar-refractivity contribution in [1.29, 1.82) is 0 Å². The third-order valence-electron chi connectivity index (χ3n) is 19.7. The third kappa shape index (κ3) is 20.2. The van der Waals surface area contributed by atoms with Crippen LogP contribution in [0.15, 0.2) is 145 Å². The molecule has 3 saturated heterocycles. The Labute approximate surface area is 602 Å². The zero-order valence-electron chi connectivity index (χ0n) is 59.1. The lowest BCUT2D eigenvalue weighted by molar-refractivity contribution is -0.140. The SMILES string of the molecule is C=C(C)CCC1=C(CN2CCN(c3ccc(C(=O)NS(=O)(=O)c4ccc(N[C@H](CCN5CCN(CCCCOc6cc(-c7scnc7C)ccc6CNC(=O)[C@@H]6CCCN6C(=O)C(c6cc(C)no6)C(C)C)CC5)CSc5ccccc5)c(S(=O)(=O)C(F)(F)F)c4)cc3)CC2)CCC(C)(C)C1. The summed E-state index contributed by atoms with van der Waals surface area (Å²) >= 11 is 2.99. The maximum absolute atomic E-state index is 14.6. The van der Waals surface area contributed by atoms with Crippen LogP contribution < -0.4 is 25.0 Å². The van der Waals surface area contributed by atoms with Gasteiger partial charge in [0.05, 0.1) is 39.0 Å². The molecule has 3 atom stereocenters. The highest BCUT2D eigenvalue weighted by Gasteiger charge is 2.49. The van der Waals surface area contributed by atoms with Gasteiger partial charge < -0.3 is 39.5 Å². The minimum absolute atomic E-state index is 0.00821. The molecule has 0 saturated carbocycles. The zero-order chi connectivity index (χ0) is 72.2. The minimum atomic E-state index is -6.14. The number of allylic oxidation sites excluding steroid dienone is 2. The van der Waals surface area contributed by atoms with Crippen molar-refractivity contribution in [3.8, 4) is 16.2 Å². The van der Waals surface area contributed by atoms with Gasteiger partial charge in [-0.15, -0.1) is 29.7 Å². The van der Waals surface area contributed by atoms with Gasteiger partial charge in [-0.2, -0.15) is 13.2 Å². The average molecular weight is 1470 g/mol. The minimum Gasteiger partial charge on any atom is -0.493 e. The number of nitrogens with one attached hydrogen (secondary N) is 3. The number of unbranched alkanes of at least 4 members (excludes halogenated alkanes) is 1. The number of amides is 3. The monoisotopic (exact) mass is 1470 g/mol. The smallest absolute Gasteiger partial charge is 0.493 e. The Morgan fingerprint density at radius 2 is 1.56 bits per heavy atom. The fraction of sp³-hybridized carbons (Fsp3) is 0.507. The number of halogens is 3. The number of sulfonamides is 1. The van der Waals surface area contributed by atoms with Crippen molar-refractivity contribution >= 4 is 72.1 Å². The summed E-state index contributed by atoms with van der Waals surface area (Å²) in [5.74, 6) is -0.569. The number of anilines is 2. The molecule has 5 heterocycles. The van der Waals surface area contributed by atoms with Gasteiger partial charge in [-0.1, -0.05) is 79.9 Å². The van der Waals surface area contributed by atoms with Crippen LogP contribution in [-0.4, -0.2) is 173 Å². The summed E-state index contributed by atoms with van der Waals surface area (Å²) in [5, 5.41) is 10.2. The number of nitrogens with zero attached hydrogens (tertiary/aromatic N) is 7. The highest BCUT2D eigenvalue weighted by molar-refractivity contribution is 7.99. The quantitative estimate of drug-likeness (QED) is 0.0209. The number of carbonyl (C=O) groups is 3. The van der Waals surface area contributed by atoms with Crippen LogP contribution in [0.3, 0.4) is 0 Å². The summed E-state index contributed by atoms with van der Waals surface area (Å²) in [7, 11) is -11.0. The van der Waals surface area contributed by atoms with E-state index in [0.29, 0.717) is 81.1 Å². The number of carbonyl (C=O) groups excluding carboxylic acids is 3. The molecule has 6 aromatic rings. The van der Waals surface area contributed by atoms with E-state index in [2.05, 4.69) is 67.7 Å². The number of rotatable bonds is 31. The maximum Gasteiger partial charge on any atom is 0.501 e. The number of hydrogen-bond acceptors (Lipinski definition) is 18. The fourth-order valence-corrected chi connectivity index (χ4v) is 17.7. The van der Waals surface area contributed by atoms with E-state index in [1.807, 2.05) is 86.5 Å². The summed E-state index contributed by atoms with van der Waals surface area (Å²) < 4.78 is 113. The van der Waals surface area contributed by atoms with Gasteiger partial charge in [-0.25, -0.2) is 26.5 Å². The molecule has 3 fully saturated rings. The van der Waals surface area contributed by atoms with Gasteiger partial charge in [0.1, 0.15) is 28.4 Å². The highest BCUT2D eigenvalue weighted by atomic mass is 32.2. The lowest BCUT2D eigenvalue weighted by Gasteiger charge is -2.39. The molecule has 10 rings (SSSR count).